The molecule has 2 N–H and O–H groups in total. The molecule has 1 aliphatic carbocycles. The Morgan fingerprint density at radius 1 is 1.23 bits per heavy atom. The van der Waals surface area contributed by atoms with Gasteiger partial charge in [0.05, 0.1) is 29.8 Å². The van der Waals surface area contributed by atoms with Gasteiger partial charge in [0, 0.05) is 23.8 Å². The molecular formula is C24H26FN3O3. The molecule has 0 spiro atoms. The Hall–Kier alpha value is -3.06. The maximum atomic E-state index is 13.8. The molecule has 1 amide bonds. The molecule has 0 radical (unpaired) electrons. The fourth-order valence-corrected chi connectivity index (χ4v) is 4.41. The number of hydrogen-bond acceptors (Lipinski definition) is 5. The fourth-order valence-electron chi connectivity index (χ4n) is 4.41. The van der Waals surface area contributed by atoms with Crippen molar-refractivity contribution in [1.82, 2.24) is 15.3 Å². The second kappa shape index (κ2) is 8.59. The molecule has 6 nitrogen and oxygen atoms in total. The van der Waals surface area contributed by atoms with Crippen LogP contribution in [0.15, 0.2) is 48.8 Å². The molecule has 0 aliphatic heterocycles. The van der Waals surface area contributed by atoms with E-state index in [1.54, 1.807) is 24.4 Å². The molecule has 3 aromatic rings. The number of fused-ring (bicyclic) bond motifs is 1. The Kier molecular flexibility index (Phi) is 5.87. The number of ether oxygens (including phenoxy) is 1. The zero-order valence-corrected chi connectivity index (χ0v) is 17.6. The summed E-state index contributed by atoms with van der Waals surface area (Å²) >= 11 is 0. The number of rotatable bonds is 5. The summed E-state index contributed by atoms with van der Waals surface area (Å²) in [5.41, 5.74) is 1.25. The fraction of sp³-hybridized carbons (Fsp3) is 0.375. The molecule has 1 saturated carbocycles. The van der Waals surface area contributed by atoms with E-state index in [2.05, 4.69) is 15.3 Å². The number of amides is 1. The summed E-state index contributed by atoms with van der Waals surface area (Å²) in [6.45, 7) is 1.83. The molecule has 1 aliphatic rings. The minimum absolute atomic E-state index is 0.210. The number of nitrogens with zero attached hydrogens (tertiary/aromatic N) is 2. The van der Waals surface area contributed by atoms with Crippen molar-refractivity contribution in [2.45, 2.75) is 50.2 Å². The number of benzene rings is 1. The number of carbonyl (C=O) groups is 1. The largest absolute Gasteiger partial charge is 0.481 e. The van der Waals surface area contributed by atoms with E-state index in [0.29, 0.717) is 24.3 Å². The van der Waals surface area contributed by atoms with Gasteiger partial charge in [0.15, 0.2) is 0 Å². The number of nitrogens with one attached hydrogen (secondary N) is 1. The molecule has 0 saturated heterocycles. The van der Waals surface area contributed by atoms with Crippen molar-refractivity contribution in [3.05, 3.63) is 65.7 Å². The molecular weight excluding hydrogens is 397 g/mol. The van der Waals surface area contributed by atoms with Gasteiger partial charge in [-0.3, -0.25) is 9.78 Å². The summed E-state index contributed by atoms with van der Waals surface area (Å²) in [5.74, 6) is 0.0820. The van der Waals surface area contributed by atoms with Crippen LogP contribution < -0.4 is 10.1 Å². The predicted octanol–water partition coefficient (Wildman–Crippen LogP) is 3.98. The van der Waals surface area contributed by atoms with Gasteiger partial charge in [0.1, 0.15) is 5.82 Å². The first-order valence-electron chi connectivity index (χ1n) is 10.5. The van der Waals surface area contributed by atoms with Crippen LogP contribution in [0.1, 0.15) is 54.4 Å². The first-order chi connectivity index (χ1) is 14.9. The summed E-state index contributed by atoms with van der Waals surface area (Å²) in [6.07, 6.45) is 5.78. The summed E-state index contributed by atoms with van der Waals surface area (Å²) in [6, 6.07) is 9.43. The Balaban J connectivity index is 1.43. The summed E-state index contributed by atoms with van der Waals surface area (Å²) < 4.78 is 18.8. The van der Waals surface area contributed by atoms with Gasteiger partial charge in [-0.25, -0.2) is 9.37 Å². The first-order valence-corrected chi connectivity index (χ1v) is 10.5. The minimum Gasteiger partial charge on any atom is -0.481 e. The van der Waals surface area contributed by atoms with E-state index in [0.717, 1.165) is 29.3 Å². The highest BCUT2D eigenvalue weighted by molar-refractivity contribution is 5.94. The molecule has 2 heterocycles. The number of methoxy groups -OCH3 is 1. The van der Waals surface area contributed by atoms with Crippen LogP contribution in [-0.4, -0.2) is 39.7 Å². The van der Waals surface area contributed by atoms with E-state index in [1.165, 1.54) is 25.4 Å². The number of halogens is 1. The third-order valence-corrected chi connectivity index (χ3v) is 6.39. The highest BCUT2D eigenvalue weighted by Gasteiger charge is 2.39. The molecule has 162 valence electrons. The van der Waals surface area contributed by atoms with Crippen LogP contribution in [0.25, 0.3) is 10.9 Å². The smallest absolute Gasteiger partial charge is 0.253 e. The second-order valence-corrected chi connectivity index (χ2v) is 8.22. The molecule has 4 rings (SSSR count). The maximum Gasteiger partial charge on any atom is 0.253 e. The Labute approximate surface area is 180 Å². The SMILES string of the molecule is COc1ccc(C(=O)NC(C)[C@]2(O)CC[C@H](c3ccnc4ccc(F)cc43)CC2)cn1. The van der Waals surface area contributed by atoms with Crippen LogP contribution in [0, 0.1) is 5.82 Å². The van der Waals surface area contributed by atoms with E-state index in [4.69, 9.17) is 4.74 Å². The average Bonchev–Trinajstić information content (AvgIpc) is 2.79. The number of aromatic nitrogens is 2. The molecule has 2 aromatic heterocycles. The minimum atomic E-state index is -1.000. The van der Waals surface area contributed by atoms with Crippen LogP contribution in [0.4, 0.5) is 4.39 Å². The third-order valence-electron chi connectivity index (χ3n) is 6.39. The van der Waals surface area contributed by atoms with Gasteiger partial charge in [-0.15, -0.1) is 0 Å². The van der Waals surface area contributed by atoms with Gasteiger partial charge in [-0.2, -0.15) is 0 Å². The molecule has 1 aromatic carbocycles. The summed E-state index contributed by atoms with van der Waals surface area (Å²) in [5, 5.41) is 14.9. The number of hydrogen-bond donors (Lipinski definition) is 2. The van der Waals surface area contributed by atoms with Crippen molar-refractivity contribution in [2.75, 3.05) is 7.11 Å². The molecule has 1 fully saturated rings. The van der Waals surface area contributed by atoms with E-state index >= 15 is 0 Å². The number of carbonyl (C=O) groups excluding carboxylic acids is 1. The Morgan fingerprint density at radius 3 is 2.68 bits per heavy atom. The van der Waals surface area contributed by atoms with Crippen LogP contribution in [-0.2, 0) is 0 Å². The molecule has 7 heteroatoms. The van der Waals surface area contributed by atoms with Gasteiger partial charge in [-0.1, -0.05) is 0 Å². The van der Waals surface area contributed by atoms with E-state index in [-0.39, 0.29) is 17.6 Å². The van der Waals surface area contributed by atoms with E-state index in [1.807, 2.05) is 13.0 Å². The van der Waals surface area contributed by atoms with Crippen molar-refractivity contribution in [2.24, 2.45) is 0 Å². The van der Waals surface area contributed by atoms with Crippen LogP contribution >= 0.6 is 0 Å². The molecule has 1 atom stereocenters. The predicted molar refractivity (Wildman–Crippen MR) is 116 cm³/mol. The highest BCUT2D eigenvalue weighted by Crippen LogP contribution is 2.41. The van der Waals surface area contributed by atoms with Crippen LogP contribution in [0.2, 0.25) is 0 Å². The van der Waals surface area contributed by atoms with Gasteiger partial charge >= 0.3 is 0 Å². The van der Waals surface area contributed by atoms with Crippen molar-refractivity contribution in [3.8, 4) is 5.88 Å². The summed E-state index contributed by atoms with van der Waals surface area (Å²) in [4.78, 5) is 20.9. The Morgan fingerprint density at radius 2 is 2.00 bits per heavy atom. The van der Waals surface area contributed by atoms with Crippen LogP contribution in [0.3, 0.4) is 0 Å². The topological polar surface area (TPSA) is 84.3 Å². The standard InChI is InChI=1S/C24H26FN3O3/c1-15(28-23(29)17-3-6-22(31-2)27-14-17)24(30)10-7-16(8-11-24)19-9-12-26-21-5-4-18(25)13-20(19)21/h3-6,9,12-16,30H,7-8,10-11H2,1-2H3,(H,28,29)/t15?,16-,24-. The van der Waals surface area contributed by atoms with Crippen molar-refractivity contribution < 1.29 is 19.0 Å². The molecule has 0 bridgehead atoms. The second-order valence-electron chi connectivity index (χ2n) is 8.22. The number of pyridine rings is 2. The summed E-state index contributed by atoms with van der Waals surface area (Å²) in [7, 11) is 1.52. The van der Waals surface area contributed by atoms with E-state index in [9.17, 15) is 14.3 Å². The lowest BCUT2D eigenvalue weighted by atomic mass is 9.73. The molecule has 1 unspecified atom stereocenters. The maximum absolute atomic E-state index is 13.8. The normalized spacial score (nSPS) is 22.1. The third kappa shape index (κ3) is 4.37. The molecule has 31 heavy (non-hydrogen) atoms. The van der Waals surface area contributed by atoms with Gasteiger partial charge < -0.3 is 15.2 Å². The lowest BCUT2D eigenvalue weighted by Crippen LogP contribution is -2.52. The zero-order valence-electron chi connectivity index (χ0n) is 17.6. The monoisotopic (exact) mass is 423 g/mol. The van der Waals surface area contributed by atoms with Gasteiger partial charge in [-0.05, 0) is 74.4 Å². The van der Waals surface area contributed by atoms with Crippen LogP contribution in [0.5, 0.6) is 5.88 Å². The number of aliphatic hydroxyl groups is 1. The quantitative estimate of drug-likeness (QED) is 0.648. The lowest BCUT2D eigenvalue weighted by molar-refractivity contribution is -0.0276. The lowest BCUT2D eigenvalue weighted by Gasteiger charge is -2.40. The average molecular weight is 423 g/mol. The van der Waals surface area contributed by atoms with Crippen molar-refractivity contribution >= 4 is 16.8 Å². The Bertz CT molecular complexity index is 1080. The van der Waals surface area contributed by atoms with Gasteiger partial charge in [0.2, 0.25) is 5.88 Å². The zero-order chi connectivity index (χ0) is 22.0. The first kappa shape index (κ1) is 21.2. The van der Waals surface area contributed by atoms with Crippen molar-refractivity contribution in [1.29, 1.82) is 0 Å². The van der Waals surface area contributed by atoms with E-state index < -0.39 is 11.6 Å². The van der Waals surface area contributed by atoms with Gasteiger partial charge in [0.25, 0.3) is 5.91 Å². The highest BCUT2D eigenvalue weighted by atomic mass is 19.1. The van der Waals surface area contributed by atoms with Crippen molar-refractivity contribution in [3.63, 3.8) is 0 Å².